The predicted octanol–water partition coefficient (Wildman–Crippen LogP) is 2.12. The number of nitrogens with zero attached hydrogens (tertiary/aromatic N) is 2. The quantitative estimate of drug-likeness (QED) is 0.723. The molecule has 0 atom stereocenters. The van der Waals surface area contributed by atoms with Crippen LogP contribution in [-0.2, 0) is 6.42 Å². The van der Waals surface area contributed by atoms with Crippen molar-refractivity contribution >= 4 is 11.7 Å². The maximum atomic E-state index is 11.8. The first kappa shape index (κ1) is 10.0. The molecule has 0 aliphatic carbocycles. The normalized spacial score (nSPS) is 16.3. The van der Waals surface area contributed by atoms with E-state index in [0.717, 1.165) is 25.2 Å². The van der Waals surface area contributed by atoms with Crippen LogP contribution in [0.3, 0.4) is 0 Å². The minimum absolute atomic E-state index is 0.100. The third kappa shape index (κ3) is 1.82. The van der Waals surface area contributed by atoms with Crippen molar-refractivity contribution in [3.63, 3.8) is 0 Å². The van der Waals surface area contributed by atoms with E-state index in [1.54, 1.807) is 4.90 Å². The zero-order chi connectivity index (χ0) is 10.8. The Balaban J connectivity index is 2.26. The van der Waals surface area contributed by atoms with Crippen molar-refractivity contribution in [2.45, 2.75) is 13.3 Å². The Hall–Kier alpha value is -1.51. The first-order chi connectivity index (χ1) is 7.22. The number of carbonyl (C=O) groups excluding carboxylic acids is 1. The van der Waals surface area contributed by atoms with Gasteiger partial charge in [-0.2, -0.15) is 0 Å². The van der Waals surface area contributed by atoms with E-state index < -0.39 is 0 Å². The summed E-state index contributed by atoms with van der Waals surface area (Å²) < 4.78 is 0. The molecule has 0 aromatic heterocycles. The smallest absolute Gasteiger partial charge is 0.324 e. The van der Waals surface area contributed by atoms with Crippen LogP contribution in [0.2, 0.25) is 0 Å². The van der Waals surface area contributed by atoms with Crippen LogP contribution in [0.25, 0.3) is 0 Å². The number of aryl methyl sites for hydroxylation is 1. The van der Waals surface area contributed by atoms with E-state index in [9.17, 15) is 4.79 Å². The van der Waals surface area contributed by atoms with E-state index in [1.807, 2.05) is 24.1 Å². The van der Waals surface area contributed by atoms with Crippen LogP contribution in [0.1, 0.15) is 12.5 Å². The highest BCUT2D eigenvalue weighted by atomic mass is 16.2. The van der Waals surface area contributed by atoms with Crippen molar-refractivity contribution in [2.75, 3.05) is 25.0 Å². The van der Waals surface area contributed by atoms with Crippen molar-refractivity contribution in [1.29, 1.82) is 0 Å². The number of benzene rings is 1. The fourth-order valence-corrected chi connectivity index (χ4v) is 1.83. The fraction of sp³-hybridized carbons (Fsp3) is 0.417. The Morgan fingerprint density at radius 2 is 2.13 bits per heavy atom. The largest absolute Gasteiger partial charge is 0.326 e. The van der Waals surface area contributed by atoms with Crippen LogP contribution in [0.5, 0.6) is 0 Å². The molecule has 3 heteroatoms. The molecule has 15 heavy (non-hydrogen) atoms. The number of carbonyl (C=O) groups is 1. The van der Waals surface area contributed by atoms with Gasteiger partial charge in [-0.15, -0.1) is 0 Å². The van der Waals surface area contributed by atoms with Crippen LogP contribution in [0, 0.1) is 0 Å². The van der Waals surface area contributed by atoms with Crippen molar-refractivity contribution in [3.05, 3.63) is 29.8 Å². The first-order valence-corrected chi connectivity index (χ1v) is 5.34. The van der Waals surface area contributed by atoms with Gasteiger partial charge in [0.15, 0.2) is 0 Å². The highest BCUT2D eigenvalue weighted by Crippen LogP contribution is 2.20. The third-order valence-corrected chi connectivity index (χ3v) is 2.85. The second-order valence-corrected chi connectivity index (χ2v) is 3.88. The van der Waals surface area contributed by atoms with Gasteiger partial charge in [0.2, 0.25) is 0 Å². The van der Waals surface area contributed by atoms with Gasteiger partial charge in [-0.25, -0.2) is 4.79 Å². The molecule has 0 unspecified atom stereocenters. The predicted molar refractivity (Wildman–Crippen MR) is 61.2 cm³/mol. The van der Waals surface area contributed by atoms with Gasteiger partial charge in [0, 0.05) is 25.8 Å². The average Bonchev–Trinajstić information content (AvgIpc) is 2.60. The van der Waals surface area contributed by atoms with Gasteiger partial charge in [0.05, 0.1) is 0 Å². The van der Waals surface area contributed by atoms with E-state index in [0.29, 0.717) is 0 Å². The number of amides is 2. The van der Waals surface area contributed by atoms with Crippen molar-refractivity contribution in [2.24, 2.45) is 0 Å². The summed E-state index contributed by atoms with van der Waals surface area (Å²) in [4.78, 5) is 15.3. The number of rotatable bonds is 2. The number of anilines is 1. The molecular weight excluding hydrogens is 188 g/mol. The summed E-state index contributed by atoms with van der Waals surface area (Å²) in [6, 6.07) is 8.30. The summed E-state index contributed by atoms with van der Waals surface area (Å²) in [5.74, 6) is 0. The summed E-state index contributed by atoms with van der Waals surface area (Å²) in [6.45, 7) is 3.73. The van der Waals surface area contributed by atoms with Gasteiger partial charge in [-0.1, -0.05) is 19.1 Å². The molecule has 0 saturated carbocycles. The van der Waals surface area contributed by atoms with Crippen LogP contribution in [0.15, 0.2) is 24.3 Å². The minimum atomic E-state index is 0.100. The zero-order valence-electron chi connectivity index (χ0n) is 9.23. The maximum absolute atomic E-state index is 11.8. The Labute approximate surface area is 90.3 Å². The molecule has 0 bridgehead atoms. The molecule has 80 valence electrons. The molecule has 1 aliphatic heterocycles. The number of likely N-dealkylation sites (N-methyl/N-ethyl adjacent to an activating group) is 1. The van der Waals surface area contributed by atoms with E-state index in [4.69, 9.17) is 0 Å². The SMILES string of the molecule is CCc1cccc(N2CCN(C)C2=O)c1. The van der Waals surface area contributed by atoms with Gasteiger partial charge >= 0.3 is 6.03 Å². The zero-order valence-corrected chi connectivity index (χ0v) is 9.23. The van der Waals surface area contributed by atoms with E-state index in [-0.39, 0.29) is 6.03 Å². The molecule has 1 aromatic carbocycles. The van der Waals surface area contributed by atoms with E-state index in [1.165, 1.54) is 5.56 Å². The van der Waals surface area contributed by atoms with Crippen LogP contribution in [0.4, 0.5) is 10.5 Å². The number of hydrogen-bond donors (Lipinski definition) is 0. The lowest BCUT2D eigenvalue weighted by Gasteiger charge is -2.16. The standard InChI is InChI=1S/C12H16N2O/c1-3-10-5-4-6-11(9-10)14-8-7-13(2)12(14)15/h4-6,9H,3,7-8H2,1-2H3. The third-order valence-electron chi connectivity index (χ3n) is 2.85. The Morgan fingerprint density at radius 3 is 2.73 bits per heavy atom. The second kappa shape index (κ2) is 3.93. The molecule has 1 saturated heterocycles. The van der Waals surface area contributed by atoms with Gasteiger partial charge in [-0.05, 0) is 24.1 Å². The fourth-order valence-electron chi connectivity index (χ4n) is 1.83. The highest BCUT2D eigenvalue weighted by molar-refractivity contribution is 5.93. The first-order valence-electron chi connectivity index (χ1n) is 5.34. The number of urea groups is 1. The number of hydrogen-bond acceptors (Lipinski definition) is 1. The van der Waals surface area contributed by atoms with Crippen LogP contribution >= 0.6 is 0 Å². The summed E-state index contributed by atoms with van der Waals surface area (Å²) in [6.07, 6.45) is 1.01. The molecular formula is C12H16N2O. The molecule has 1 aliphatic rings. The molecule has 1 fully saturated rings. The van der Waals surface area contributed by atoms with Crippen molar-refractivity contribution < 1.29 is 4.79 Å². The topological polar surface area (TPSA) is 23.6 Å². The Kier molecular flexibility index (Phi) is 2.62. The van der Waals surface area contributed by atoms with E-state index >= 15 is 0 Å². The average molecular weight is 204 g/mol. The molecule has 2 amide bonds. The lowest BCUT2D eigenvalue weighted by Crippen LogP contribution is -2.29. The molecule has 1 aromatic rings. The summed E-state index contributed by atoms with van der Waals surface area (Å²) >= 11 is 0. The lowest BCUT2D eigenvalue weighted by atomic mass is 10.1. The van der Waals surface area contributed by atoms with Gasteiger partial charge in [0.1, 0.15) is 0 Å². The van der Waals surface area contributed by atoms with Gasteiger partial charge in [0.25, 0.3) is 0 Å². The minimum Gasteiger partial charge on any atom is -0.326 e. The molecule has 0 spiro atoms. The molecule has 3 nitrogen and oxygen atoms in total. The summed E-state index contributed by atoms with van der Waals surface area (Å²) in [5, 5.41) is 0. The molecule has 0 radical (unpaired) electrons. The molecule has 1 heterocycles. The maximum Gasteiger partial charge on any atom is 0.324 e. The molecule has 2 rings (SSSR count). The summed E-state index contributed by atoms with van der Waals surface area (Å²) in [7, 11) is 1.84. The summed E-state index contributed by atoms with van der Waals surface area (Å²) in [5.41, 5.74) is 2.29. The highest BCUT2D eigenvalue weighted by Gasteiger charge is 2.26. The van der Waals surface area contributed by atoms with Gasteiger partial charge < -0.3 is 4.90 Å². The van der Waals surface area contributed by atoms with Crippen LogP contribution < -0.4 is 4.90 Å². The van der Waals surface area contributed by atoms with Crippen LogP contribution in [-0.4, -0.2) is 31.1 Å². The van der Waals surface area contributed by atoms with Gasteiger partial charge in [-0.3, -0.25) is 4.90 Å². The second-order valence-electron chi connectivity index (χ2n) is 3.88. The Bertz CT molecular complexity index is 376. The van der Waals surface area contributed by atoms with Crippen molar-refractivity contribution in [3.8, 4) is 0 Å². The monoisotopic (exact) mass is 204 g/mol. The Morgan fingerprint density at radius 1 is 1.33 bits per heavy atom. The van der Waals surface area contributed by atoms with E-state index in [2.05, 4.69) is 19.1 Å². The van der Waals surface area contributed by atoms with Crippen molar-refractivity contribution in [1.82, 2.24) is 4.90 Å². The molecule has 0 N–H and O–H groups in total. The lowest BCUT2D eigenvalue weighted by molar-refractivity contribution is 0.229.